The van der Waals surface area contributed by atoms with E-state index < -0.39 is 0 Å². The first kappa shape index (κ1) is 9.93. The number of rotatable bonds is 5. The lowest BCUT2D eigenvalue weighted by atomic mass is 10.0. The second-order valence-electron chi connectivity index (χ2n) is 2.91. The van der Waals surface area contributed by atoms with Crippen molar-refractivity contribution in [1.82, 2.24) is 0 Å². The molecule has 0 bridgehead atoms. The van der Waals surface area contributed by atoms with Gasteiger partial charge in [0.2, 0.25) is 0 Å². The Morgan fingerprint density at radius 2 is 2.15 bits per heavy atom. The van der Waals surface area contributed by atoms with Crippen LogP contribution in [-0.2, 0) is 11.2 Å². The predicted molar refractivity (Wildman–Crippen MR) is 52.0 cm³/mol. The number of carbonyl (C=O) groups excluding carboxylic acids is 1. The van der Waals surface area contributed by atoms with Crippen molar-refractivity contribution in [1.29, 1.82) is 0 Å². The van der Waals surface area contributed by atoms with Crippen molar-refractivity contribution in [2.24, 2.45) is 0 Å². The summed E-state index contributed by atoms with van der Waals surface area (Å²) in [5.74, 6) is 0. The molecule has 0 aliphatic carbocycles. The maximum atomic E-state index is 10.6. The summed E-state index contributed by atoms with van der Waals surface area (Å²) in [7, 11) is 1.69. The molecule has 1 rings (SSSR count). The fraction of sp³-hybridized carbons (Fsp3) is 0.364. The Labute approximate surface area is 78.5 Å². The van der Waals surface area contributed by atoms with Crippen LogP contribution < -0.4 is 0 Å². The quantitative estimate of drug-likeness (QED) is 0.509. The standard InChI is InChI=1S/C11H14O2/c1-13-8-4-7-10-5-2-3-6-11(10)9-12/h2-3,5-6,9H,4,7-8H2,1H3. The number of aryl methyl sites for hydroxylation is 1. The number of aldehydes is 1. The molecule has 0 fully saturated rings. The molecule has 1 aromatic carbocycles. The van der Waals surface area contributed by atoms with Gasteiger partial charge >= 0.3 is 0 Å². The summed E-state index contributed by atoms with van der Waals surface area (Å²) >= 11 is 0. The van der Waals surface area contributed by atoms with E-state index in [0.717, 1.165) is 36.9 Å². The normalized spacial score (nSPS) is 9.92. The average molecular weight is 178 g/mol. The highest BCUT2D eigenvalue weighted by Gasteiger charge is 1.98. The van der Waals surface area contributed by atoms with Crippen LogP contribution in [0.15, 0.2) is 24.3 Å². The van der Waals surface area contributed by atoms with Crippen LogP contribution in [0.2, 0.25) is 0 Å². The molecule has 2 heteroatoms. The van der Waals surface area contributed by atoms with E-state index in [0.29, 0.717) is 0 Å². The molecule has 13 heavy (non-hydrogen) atoms. The van der Waals surface area contributed by atoms with Crippen molar-refractivity contribution >= 4 is 6.29 Å². The summed E-state index contributed by atoms with van der Waals surface area (Å²) in [6.07, 6.45) is 2.77. The number of carbonyl (C=O) groups is 1. The van der Waals surface area contributed by atoms with Crippen LogP contribution in [0, 0.1) is 0 Å². The van der Waals surface area contributed by atoms with Crippen LogP contribution in [-0.4, -0.2) is 20.0 Å². The van der Waals surface area contributed by atoms with Crippen molar-refractivity contribution in [2.45, 2.75) is 12.8 Å². The third-order valence-corrected chi connectivity index (χ3v) is 1.98. The first-order chi connectivity index (χ1) is 6.38. The SMILES string of the molecule is COCCCc1ccccc1C=O. The minimum Gasteiger partial charge on any atom is -0.385 e. The highest BCUT2D eigenvalue weighted by Crippen LogP contribution is 2.08. The van der Waals surface area contributed by atoms with Gasteiger partial charge in [0.1, 0.15) is 6.29 Å². The Balaban J connectivity index is 2.59. The Bertz CT molecular complexity index is 269. The lowest BCUT2D eigenvalue weighted by Crippen LogP contribution is -1.96. The Hall–Kier alpha value is -1.15. The predicted octanol–water partition coefficient (Wildman–Crippen LogP) is 2.08. The van der Waals surface area contributed by atoms with Gasteiger partial charge in [-0.2, -0.15) is 0 Å². The van der Waals surface area contributed by atoms with Crippen LogP contribution in [0.5, 0.6) is 0 Å². The van der Waals surface area contributed by atoms with Crippen molar-refractivity contribution in [3.8, 4) is 0 Å². The van der Waals surface area contributed by atoms with Crippen molar-refractivity contribution in [2.75, 3.05) is 13.7 Å². The number of methoxy groups -OCH3 is 1. The number of ether oxygens (including phenoxy) is 1. The second-order valence-corrected chi connectivity index (χ2v) is 2.91. The molecule has 0 unspecified atom stereocenters. The first-order valence-electron chi connectivity index (χ1n) is 4.40. The molecular weight excluding hydrogens is 164 g/mol. The zero-order chi connectivity index (χ0) is 9.52. The topological polar surface area (TPSA) is 26.3 Å². The minimum absolute atomic E-state index is 0.743. The largest absolute Gasteiger partial charge is 0.385 e. The van der Waals surface area contributed by atoms with Gasteiger partial charge in [-0.25, -0.2) is 0 Å². The maximum Gasteiger partial charge on any atom is 0.150 e. The molecule has 0 aliphatic heterocycles. The smallest absolute Gasteiger partial charge is 0.150 e. The molecule has 0 amide bonds. The lowest BCUT2D eigenvalue weighted by Gasteiger charge is -2.03. The van der Waals surface area contributed by atoms with Gasteiger partial charge in [0, 0.05) is 19.3 Å². The van der Waals surface area contributed by atoms with Crippen LogP contribution >= 0.6 is 0 Å². The molecule has 2 nitrogen and oxygen atoms in total. The molecule has 0 heterocycles. The highest BCUT2D eigenvalue weighted by molar-refractivity contribution is 5.77. The fourth-order valence-corrected chi connectivity index (χ4v) is 1.28. The summed E-state index contributed by atoms with van der Waals surface area (Å²) < 4.78 is 4.95. The molecule has 0 radical (unpaired) electrons. The molecule has 0 saturated carbocycles. The van der Waals surface area contributed by atoms with Gasteiger partial charge in [0.15, 0.2) is 0 Å². The molecular formula is C11H14O2. The average Bonchev–Trinajstić information content (AvgIpc) is 2.19. The first-order valence-corrected chi connectivity index (χ1v) is 4.40. The Kier molecular flexibility index (Phi) is 4.19. The number of benzene rings is 1. The third kappa shape index (κ3) is 2.99. The zero-order valence-corrected chi connectivity index (χ0v) is 7.82. The molecule has 70 valence electrons. The summed E-state index contributed by atoms with van der Waals surface area (Å²) in [4.78, 5) is 10.6. The summed E-state index contributed by atoms with van der Waals surface area (Å²) in [5, 5.41) is 0. The zero-order valence-electron chi connectivity index (χ0n) is 7.82. The van der Waals surface area contributed by atoms with Gasteiger partial charge < -0.3 is 4.74 Å². The lowest BCUT2D eigenvalue weighted by molar-refractivity contribution is 0.112. The molecule has 0 spiro atoms. The molecule has 0 aromatic heterocycles. The van der Waals surface area contributed by atoms with Gasteiger partial charge in [-0.1, -0.05) is 24.3 Å². The van der Waals surface area contributed by atoms with E-state index in [9.17, 15) is 4.79 Å². The summed E-state index contributed by atoms with van der Waals surface area (Å²) in [6.45, 7) is 0.743. The van der Waals surface area contributed by atoms with Gasteiger partial charge in [0.05, 0.1) is 0 Å². The molecule has 1 aromatic rings. The van der Waals surface area contributed by atoms with Crippen LogP contribution in [0.1, 0.15) is 22.3 Å². The van der Waals surface area contributed by atoms with Gasteiger partial charge in [-0.05, 0) is 18.4 Å². The summed E-state index contributed by atoms with van der Waals surface area (Å²) in [6, 6.07) is 7.66. The van der Waals surface area contributed by atoms with E-state index in [1.807, 2.05) is 24.3 Å². The van der Waals surface area contributed by atoms with E-state index >= 15 is 0 Å². The molecule has 0 N–H and O–H groups in total. The molecule has 0 atom stereocenters. The van der Waals surface area contributed by atoms with Gasteiger partial charge in [-0.15, -0.1) is 0 Å². The maximum absolute atomic E-state index is 10.6. The van der Waals surface area contributed by atoms with Crippen molar-refractivity contribution < 1.29 is 9.53 Å². The van der Waals surface area contributed by atoms with E-state index in [2.05, 4.69) is 0 Å². The number of hydrogen-bond donors (Lipinski definition) is 0. The van der Waals surface area contributed by atoms with E-state index in [1.54, 1.807) is 7.11 Å². The monoisotopic (exact) mass is 178 g/mol. The van der Waals surface area contributed by atoms with E-state index in [4.69, 9.17) is 4.74 Å². The van der Waals surface area contributed by atoms with Crippen LogP contribution in [0.3, 0.4) is 0 Å². The molecule has 0 saturated heterocycles. The summed E-state index contributed by atoms with van der Waals surface area (Å²) in [5.41, 5.74) is 1.90. The minimum atomic E-state index is 0.743. The highest BCUT2D eigenvalue weighted by atomic mass is 16.5. The Morgan fingerprint density at radius 1 is 1.38 bits per heavy atom. The molecule has 0 aliphatic rings. The number of hydrogen-bond acceptors (Lipinski definition) is 2. The fourth-order valence-electron chi connectivity index (χ4n) is 1.28. The van der Waals surface area contributed by atoms with Crippen molar-refractivity contribution in [3.05, 3.63) is 35.4 Å². The van der Waals surface area contributed by atoms with Gasteiger partial charge in [-0.3, -0.25) is 4.79 Å². The van der Waals surface area contributed by atoms with Crippen molar-refractivity contribution in [3.63, 3.8) is 0 Å². The van der Waals surface area contributed by atoms with Crippen LogP contribution in [0.25, 0.3) is 0 Å². The van der Waals surface area contributed by atoms with Gasteiger partial charge in [0.25, 0.3) is 0 Å². The second kappa shape index (κ2) is 5.49. The third-order valence-electron chi connectivity index (χ3n) is 1.98. The Morgan fingerprint density at radius 3 is 2.85 bits per heavy atom. The van der Waals surface area contributed by atoms with E-state index in [1.165, 1.54) is 0 Å². The van der Waals surface area contributed by atoms with E-state index in [-0.39, 0.29) is 0 Å². The van der Waals surface area contributed by atoms with Crippen LogP contribution in [0.4, 0.5) is 0 Å².